The van der Waals surface area contributed by atoms with E-state index in [-0.39, 0.29) is 28.1 Å². The number of rotatable bonds is 4. The molecular weight excluding hydrogens is 373 g/mol. The average Bonchev–Trinajstić information content (AvgIpc) is 2.67. The Morgan fingerprint density at radius 1 is 1.00 bits per heavy atom. The maximum Gasteiger partial charge on any atom is 0.341 e. The molecule has 2 aromatic rings. The summed E-state index contributed by atoms with van der Waals surface area (Å²) in [7, 11) is 0. The molecule has 3 rings (SSSR count). The lowest BCUT2D eigenvalue weighted by Crippen LogP contribution is -2.37. The Bertz CT molecular complexity index is 829. The second kappa shape index (κ2) is 8.39. The Morgan fingerprint density at radius 3 is 2.31 bits per heavy atom. The van der Waals surface area contributed by atoms with E-state index in [1.165, 1.54) is 11.1 Å². The van der Waals surface area contributed by atoms with Gasteiger partial charge in [-0.15, -0.1) is 0 Å². The second-order valence-electron chi connectivity index (χ2n) is 5.86. The predicted molar refractivity (Wildman–Crippen MR) is 102 cm³/mol. The number of ether oxygens (including phenoxy) is 1. The smallest absolute Gasteiger partial charge is 0.341 e. The Balaban J connectivity index is 1.56. The SMILES string of the molecule is O=C(OCC(=O)N1CC=C(c2ccccc2)CC1)c1c(Cl)cccc1Cl. The standard InChI is InChI=1S/C20H17Cl2NO3/c21-16-7-4-8-17(22)19(16)20(25)26-13-18(24)23-11-9-15(10-12-23)14-5-2-1-3-6-14/h1-9H,10-13H2. The zero-order valence-electron chi connectivity index (χ0n) is 14.0. The molecule has 0 atom stereocenters. The molecule has 0 fully saturated rings. The molecule has 0 N–H and O–H groups in total. The van der Waals surface area contributed by atoms with Crippen LogP contribution < -0.4 is 0 Å². The van der Waals surface area contributed by atoms with Crippen LogP contribution in [-0.2, 0) is 9.53 Å². The molecule has 134 valence electrons. The highest BCUT2D eigenvalue weighted by Crippen LogP contribution is 2.25. The molecule has 0 spiro atoms. The van der Waals surface area contributed by atoms with Gasteiger partial charge in [-0.05, 0) is 29.7 Å². The van der Waals surface area contributed by atoms with Gasteiger partial charge < -0.3 is 9.64 Å². The van der Waals surface area contributed by atoms with Crippen molar-refractivity contribution >= 4 is 40.7 Å². The highest BCUT2D eigenvalue weighted by atomic mass is 35.5. The number of hydrogen-bond donors (Lipinski definition) is 0. The van der Waals surface area contributed by atoms with Gasteiger partial charge in [-0.2, -0.15) is 0 Å². The van der Waals surface area contributed by atoms with Crippen LogP contribution in [0.5, 0.6) is 0 Å². The first kappa shape index (κ1) is 18.5. The quantitative estimate of drug-likeness (QED) is 0.724. The Kier molecular flexibility index (Phi) is 5.96. The third-order valence-electron chi connectivity index (χ3n) is 4.20. The monoisotopic (exact) mass is 389 g/mol. The minimum atomic E-state index is -0.702. The van der Waals surface area contributed by atoms with Gasteiger partial charge in [0.25, 0.3) is 5.91 Å². The molecule has 0 aromatic heterocycles. The summed E-state index contributed by atoms with van der Waals surface area (Å²) in [6.45, 7) is 0.742. The molecule has 1 heterocycles. The van der Waals surface area contributed by atoms with E-state index >= 15 is 0 Å². The summed E-state index contributed by atoms with van der Waals surface area (Å²) in [6.07, 6.45) is 2.80. The Labute approximate surface area is 162 Å². The number of esters is 1. The van der Waals surface area contributed by atoms with Gasteiger partial charge in [-0.3, -0.25) is 4.79 Å². The van der Waals surface area contributed by atoms with Gasteiger partial charge in [0.05, 0.1) is 15.6 Å². The summed E-state index contributed by atoms with van der Waals surface area (Å²) in [5, 5.41) is 0.395. The fraction of sp³-hybridized carbons (Fsp3) is 0.200. The number of amides is 1. The first-order chi connectivity index (χ1) is 12.6. The summed E-state index contributed by atoms with van der Waals surface area (Å²) < 4.78 is 5.10. The molecule has 0 saturated heterocycles. The summed E-state index contributed by atoms with van der Waals surface area (Å²) in [5.41, 5.74) is 2.46. The van der Waals surface area contributed by atoms with Crippen molar-refractivity contribution in [3.05, 3.63) is 75.8 Å². The van der Waals surface area contributed by atoms with Crippen molar-refractivity contribution in [3.8, 4) is 0 Å². The molecule has 1 aliphatic rings. The molecule has 0 bridgehead atoms. The fourth-order valence-corrected chi connectivity index (χ4v) is 3.35. The number of carbonyl (C=O) groups excluding carboxylic acids is 2. The lowest BCUT2D eigenvalue weighted by atomic mass is 10.00. The van der Waals surface area contributed by atoms with E-state index < -0.39 is 5.97 Å². The summed E-state index contributed by atoms with van der Waals surface area (Å²) >= 11 is 11.9. The highest BCUT2D eigenvalue weighted by Gasteiger charge is 2.21. The minimum Gasteiger partial charge on any atom is -0.452 e. The van der Waals surface area contributed by atoms with Gasteiger partial charge in [0.15, 0.2) is 6.61 Å². The van der Waals surface area contributed by atoms with Gasteiger partial charge in [-0.25, -0.2) is 4.79 Å². The van der Waals surface area contributed by atoms with Crippen molar-refractivity contribution in [1.29, 1.82) is 0 Å². The molecule has 26 heavy (non-hydrogen) atoms. The van der Waals surface area contributed by atoms with Gasteiger partial charge >= 0.3 is 5.97 Å². The number of halogens is 2. The molecule has 1 aliphatic heterocycles. The van der Waals surface area contributed by atoms with Crippen molar-refractivity contribution in [2.75, 3.05) is 19.7 Å². The molecule has 2 aromatic carbocycles. The van der Waals surface area contributed by atoms with Crippen LogP contribution in [0.25, 0.3) is 5.57 Å². The van der Waals surface area contributed by atoms with E-state index in [1.807, 2.05) is 24.3 Å². The maximum absolute atomic E-state index is 12.3. The van der Waals surface area contributed by atoms with E-state index in [4.69, 9.17) is 27.9 Å². The molecule has 6 heteroatoms. The first-order valence-corrected chi connectivity index (χ1v) is 8.95. The van der Waals surface area contributed by atoms with Crippen LogP contribution in [0.4, 0.5) is 0 Å². The normalized spacial score (nSPS) is 13.9. The van der Waals surface area contributed by atoms with Crippen molar-refractivity contribution in [2.45, 2.75) is 6.42 Å². The zero-order chi connectivity index (χ0) is 18.5. The summed E-state index contributed by atoms with van der Waals surface area (Å²) in [6, 6.07) is 14.8. The van der Waals surface area contributed by atoms with Gasteiger partial charge in [0.2, 0.25) is 0 Å². The van der Waals surface area contributed by atoms with Gasteiger partial charge in [0, 0.05) is 13.1 Å². The molecule has 0 saturated carbocycles. The summed E-state index contributed by atoms with van der Waals surface area (Å²) in [4.78, 5) is 26.1. The van der Waals surface area contributed by atoms with E-state index in [0.29, 0.717) is 13.1 Å². The highest BCUT2D eigenvalue weighted by molar-refractivity contribution is 6.39. The minimum absolute atomic E-state index is 0.0773. The van der Waals surface area contributed by atoms with Crippen LogP contribution in [0.2, 0.25) is 10.0 Å². The molecule has 0 aliphatic carbocycles. The van der Waals surface area contributed by atoms with Crippen LogP contribution in [-0.4, -0.2) is 36.5 Å². The van der Waals surface area contributed by atoms with E-state index in [9.17, 15) is 9.59 Å². The fourth-order valence-electron chi connectivity index (χ4n) is 2.79. The van der Waals surface area contributed by atoms with Gasteiger partial charge in [-0.1, -0.05) is 65.7 Å². The van der Waals surface area contributed by atoms with E-state index in [2.05, 4.69) is 12.1 Å². The van der Waals surface area contributed by atoms with E-state index in [1.54, 1.807) is 23.1 Å². The lowest BCUT2D eigenvalue weighted by Gasteiger charge is -2.26. The third-order valence-corrected chi connectivity index (χ3v) is 4.83. The molecule has 4 nitrogen and oxygen atoms in total. The number of carbonyl (C=O) groups is 2. The van der Waals surface area contributed by atoms with Gasteiger partial charge in [0.1, 0.15) is 0 Å². The second-order valence-corrected chi connectivity index (χ2v) is 6.67. The van der Waals surface area contributed by atoms with Crippen molar-refractivity contribution < 1.29 is 14.3 Å². The molecule has 1 amide bonds. The molecule has 0 unspecified atom stereocenters. The maximum atomic E-state index is 12.3. The van der Waals surface area contributed by atoms with Crippen LogP contribution in [0.3, 0.4) is 0 Å². The Hall–Kier alpha value is -2.30. The third kappa shape index (κ3) is 4.26. The van der Waals surface area contributed by atoms with Crippen LogP contribution in [0, 0.1) is 0 Å². The molecule has 0 radical (unpaired) electrons. The van der Waals surface area contributed by atoms with Crippen LogP contribution in [0.1, 0.15) is 22.3 Å². The van der Waals surface area contributed by atoms with Crippen molar-refractivity contribution in [1.82, 2.24) is 4.90 Å². The lowest BCUT2D eigenvalue weighted by molar-refractivity contribution is -0.134. The van der Waals surface area contributed by atoms with Crippen molar-refractivity contribution in [2.24, 2.45) is 0 Å². The van der Waals surface area contributed by atoms with E-state index in [0.717, 1.165) is 6.42 Å². The average molecular weight is 390 g/mol. The number of hydrogen-bond acceptors (Lipinski definition) is 3. The van der Waals surface area contributed by atoms with Crippen LogP contribution >= 0.6 is 23.2 Å². The number of nitrogens with zero attached hydrogens (tertiary/aromatic N) is 1. The topological polar surface area (TPSA) is 46.6 Å². The number of benzene rings is 2. The Morgan fingerprint density at radius 2 is 1.69 bits per heavy atom. The summed E-state index contributed by atoms with van der Waals surface area (Å²) in [5.74, 6) is -0.948. The first-order valence-electron chi connectivity index (χ1n) is 8.19. The van der Waals surface area contributed by atoms with Crippen LogP contribution in [0.15, 0.2) is 54.6 Å². The predicted octanol–water partition coefficient (Wildman–Crippen LogP) is 4.47. The largest absolute Gasteiger partial charge is 0.452 e. The molecular formula is C20H17Cl2NO3. The zero-order valence-corrected chi connectivity index (χ0v) is 15.5. The van der Waals surface area contributed by atoms with Crippen molar-refractivity contribution in [3.63, 3.8) is 0 Å².